The van der Waals surface area contributed by atoms with E-state index in [1.165, 1.54) is 22.9 Å². The molecule has 0 aromatic carbocycles. The zero-order chi connectivity index (χ0) is 22.9. The maximum atomic E-state index is 13.0. The number of halogens is 5. The Hall–Kier alpha value is -3.18. The summed E-state index contributed by atoms with van der Waals surface area (Å²) in [4.78, 5) is 16.0. The quantitative estimate of drug-likeness (QED) is 0.551. The van der Waals surface area contributed by atoms with E-state index in [2.05, 4.69) is 20.7 Å². The summed E-state index contributed by atoms with van der Waals surface area (Å²) in [6.07, 6.45) is -0.819. The third-order valence-electron chi connectivity index (χ3n) is 5.42. The highest BCUT2D eigenvalue weighted by Crippen LogP contribution is 2.30. The highest BCUT2D eigenvalue weighted by molar-refractivity contribution is 5.93. The zero-order valence-electron chi connectivity index (χ0n) is 16.8. The molecule has 3 aromatic rings. The number of carbonyl (C=O) groups is 1. The lowest BCUT2D eigenvalue weighted by atomic mass is 9.91. The zero-order valence-corrected chi connectivity index (χ0v) is 16.8. The highest BCUT2D eigenvalue weighted by atomic mass is 19.4. The fourth-order valence-corrected chi connectivity index (χ4v) is 3.85. The van der Waals surface area contributed by atoms with E-state index in [0.29, 0.717) is 31.5 Å². The molecule has 32 heavy (non-hydrogen) atoms. The number of aromatic nitrogens is 4. The van der Waals surface area contributed by atoms with Crippen molar-refractivity contribution in [3.8, 4) is 0 Å². The Morgan fingerprint density at radius 2 is 1.84 bits per heavy atom. The van der Waals surface area contributed by atoms with Gasteiger partial charge in [-0.2, -0.15) is 18.3 Å². The summed E-state index contributed by atoms with van der Waals surface area (Å²) in [5.41, 5.74) is -0.524. The third kappa shape index (κ3) is 5.00. The number of hydrogen-bond acceptors (Lipinski definition) is 4. The van der Waals surface area contributed by atoms with Crippen molar-refractivity contribution >= 4 is 17.4 Å². The van der Waals surface area contributed by atoms with E-state index in [9.17, 15) is 26.7 Å². The minimum Gasteiger partial charge on any atom is -0.368 e. The molecular formula is C20H21F5N6O. The Morgan fingerprint density at radius 3 is 2.53 bits per heavy atom. The molecule has 1 aliphatic carbocycles. The summed E-state index contributed by atoms with van der Waals surface area (Å²) in [6, 6.07) is 4.79. The molecule has 4 rings (SSSR count). The Morgan fingerprint density at radius 1 is 1.12 bits per heavy atom. The van der Waals surface area contributed by atoms with Gasteiger partial charge in [0, 0.05) is 24.5 Å². The van der Waals surface area contributed by atoms with E-state index in [4.69, 9.17) is 0 Å². The topological polar surface area (TPSA) is 76.2 Å². The molecule has 0 atom stereocenters. The van der Waals surface area contributed by atoms with Gasteiger partial charge >= 0.3 is 6.18 Å². The number of fused-ring (bicyclic) bond motifs is 1. The van der Waals surface area contributed by atoms with Crippen molar-refractivity contribution in [3.63, 3.8) is 0 Å². The molecule has 0 spiro atoms. The largest absolute Gasteiger partial charge is 0.434 e. The number of nitrogens with one attached hydrogen (secondary N) is 2. The number of imidazole rings is 1. The number of nitrogens with zero attached hydrogens (tertiary/aromatic N) is 4. The fraction of sp³-hybridized carbons (Fsp3) is 0.450. The van der Waals surface area contributed by atoms with Gasteiger partial charge in [0.2, 0.25) is 0 Å². The molecule has 3 heterocycles. The van der Waals surface area contributed by atoms with Crippen LogP contribution in [0, 0.1) is 0 Å². The van der Waals surface area contributed by atoms with Gasteiger partial charge in [0.1, 0.15) is 18.0 Å². The monoisotopic (exact) mass is 456 g/mol. The number of hydrogen-bond donors (Lipinski definition) is 2. The number of carbonyl (C=O) groups excluding carboxylic acids is 1. The van der Waals surface area contributed by atoms with Crippen LogP contribution in [-0.4, -0.2) is 43.6 Å². The molecule has 1 amide bonds. The summed E-state index contributed by atoms with van der Waals surface area (Å²) in [5, 5.41) is 9.92. The van der Waals surface area contributed by atoms with E-state index >= 15 is 0 Å². The average Bonchev–Trinajstić information content (AvgIpc) is 3.36. The number of anilines is 1. The van der Waals surface area contributed by atoms with Crippen LogP contribution in [0.5, 0.6) is 0 Å². The van der Waals surface area contributed by atoms with Crippen LogP contribution in [0.2, 0.25) is 0 Å². The standard InChI is InChI=1S/C20H21F5N6O/c21-16(22)11-30-9-12(8-26-30)19(32)28-14-6-4-13(5-7-14)27-17-2-1-3-18-29-15(10-31(17)18)20(23,24)25/h1-3,8-10,13-14,16,27H,4-7,11H2,(H,28,32). The lowest BCUT2D eigenvalue weighted by molar-refractivity contribution is -0.140. The normalized spacial score (nSPS) is 19.4. The number of pyridine rings is 1. The summed E-state index contributed by atoms with van der Waals surface area (Å²) in [7, 11) is 0. The molecule has 1 aliphatic rings. The van der Waals surface area contributed by atoms with Crippen LogP contribution in [0.4, 0.5) is 27.8 Å². The lowest BCUT2D eigenvalue weighted by Gasteiger charge is -2.30. The Balaban J connectivity index is 1.33. The van der Waals surface area contributed by atoms with Gasteiger partial charge in [0.15, 0.2) is 5.69 Å². The lowest BCUT2D eigenvalue weighted by Crippen LogP contribution is -2.40. The Bertz CT molecular complexity index is 1080. The van der Waals surface area contributed by atoms with Gasteiger partial charge in [-0.15, -0.1) is 0 Å². The van der Waals surface area contributed by atoms with Crippen molar-refractivity contribution in [1.29, 1.82) is 0 Å². The van der Waals surface area contributed by atoms with Gasteiger partial charge < -0.3 is 10.6 Å². The minimum absolute atomic E-state index is 0.0271. The first-order chi connectivity index (χ1) is 15.2. The summed E-state index contributed by atoms with van der Waals surface area (Å²) < 4.78 is 66.2. The van der Waals surface area contributed by atoms with Gasteiger partial charge in [0.25, 0.3) is 12.3 Å². The average molecular weight is 456 g/mol. The third-order valence-corrected chi connectivity index (χ3v) is 5.42. The molecule has 0 radical (unpaired) electrons. The smallest absolute Gasteiger partial charge is 0.368 e. The number of alkyl halides is 5. The maximum absolute atomic E-state index is 13.0. The van der Waals surface area contributed by atoms with E-state index in [-0.39, 0.29) is 29.2 Å². The first-order valence-corrected chi connectivity index (χ1v) is 10.1. The van der Waals surface area contributed by atoms with Crippen LogP contribution in [0.15, 0.2) is 36.8 Å². The molecule has 0 saturated heterocycles. The first-order valence-electron chi connectivity index (χ1n) is 10.1. The van der Waals surface area contributed by atoms with Crippen molar-refractivity contribution in [1.82, 2.24) is 24.5 Å². The molecule has 7 nitrogen and oxygen atoms in total. The maximum Gasteiger partial charge on any atom is 0.434 e. The van der Waals surface area contributed by atoms with Gasteiger partial charge in [-0.3, -0.25) is 13.9 Å². The molecule has 1 fully saturated rings. The molecule has 0 aliphatic heterocycles. The van der Waals surface area contributed by atoms with Crippen LogP contribution in [0.25, 0.3) is 5.65 Å². The SMILES string of the molecule is O=C(NC1CCC(Nc2cccc3nc(C(F)(F)F)cn23)CC1)c1cnn(CC(F)F)c1. The van der Waals surface area contributed by atoms with Crippen molar-refractivity contribution in [2.75, 3.05) is 5.32 Å². The van der Waals surface area contributed by atoms with Gasteiger partial charge in [-0.05, 0) is 37.8 Å². The summed E-state index contributed by atoms with van der Waals surface area (Å²) in [5.74, 6) is 0.147. The molecule has 1 saturated carbocycles. The highest BCUT2D eigenvalue weighted by Gasteiger charge is 2.34. The van der Waals surface area contributed by atoms with Crippen molar-refractivity contribution in [2.45, 2.75) is 56.9 Å². The van der Waals surface area contributed by atoms with Gasteiger partial charge in [-0.25, -0.2) is 13.8 Å². The molecular weight excluding hydrogens is 435 g/mol. The molecule has 12 heteroatoms. The fourth-order valence-electron chi connectivity index (χ4n) is 3.85. The molecule has 3 aromatic heterocycles. The first kappa shape index (κ1) is 22.0. The van der Waals surface area contributed by atoms with Crippen LogP contribution < -0.4 is 10.6 Å². The summed E-state index contributed by atoms with van der Waals surface area (Å²) >= 11 is 0. The second kappa shape index (κ2) is 8.75. The number of rotatable bonds is 6. The van der Waals surface area contributed by atoms with Crippen molar-refractivity contribution in [3.05, 3.63) is 48.0 Å². The van der Waals surface area contributed by atoms with Crippen LogP contribution in [-0.2, 0) is 12.7 Å². The van der Waals surface area contributed by atoms with Gasteiger partial charge in [0.05, 0.1) is 11.8 Å². The number of amides is 1. The van der Waals surface area contributed by atoms with E-state index in [1.807, 2.05) is 0 Å². The Labute approximate surface area is 179 Å². The van der Waals surface area contributed by atoms with E-state index in [1.54, 1.807) is 12.1 Å². The van der Waals surface area contributed by atoms with Crippen LogP contribution in [0.1, 0.15) is 41.7 Å². The van der Waals surface area contributed by atoms with Crippen LogP contribution >= 0.6 is 0 Å². The second-order valence-corrected chi connectivity index (χ2v) is 7.77. The second-order valence-electron chi connectivity index (χ2n) is 7.77. The van der Waals surface area contributed by atoms with Gasteiger partial charge in [-0.1, -0.05) is 6.07 Å². The predicted molar refractivity (Wildman–Crippen MR) is 106 cm³/mol. The van der Waals surface area contributed by atoms with E-state index < -0.39 is 24.8 Å². The minimum atomic E-state index is -4.52. The molecule has 2 N–H and O–H groups in total. The van der Waals surface area contributed by atoms with Crippen LogP contribution in [0.3, 0.4) is 0 Å². The van der Waals surface area contributed by atoms with Crippen molar-refractivity contribution < 1.29 is 26.7 Å². The predicted octanol–water partition coefficient (Wildman–Crippen LogP) is 3.97. The van der Waals surface area contributed by atoms with E-state index in [0.717, 1.165) is 10.9 Å². The summed E-state index contributed by atoms with van der Waals surface area (Å²) in [6.45, 7) is -0.571. The molecule has 172 valence electrons. The van der Waals surface area contributed by atoms with Crippen molar-refractivity contribution in [2.24, 2.45) is 0 Å². The molecule has 0 bridgehead atoms. The Kier molecular flexibility index (Phi) is 6.02. The molecule has 0 unspecified atom stereocenters.